The number of aryl methyl sites for hydroxylation is 4. The summed E-state index contributed by atoms with van der Waals surface area (Å²) in [6.45, 7) is 0. The van der Waals surface area contributed by atoms with Crippen LogP contribution >= 0.6 is 0 Å². The molecule has 0 saturated carbocycles. The number of carbonyl (C=O) groups is 5. The lowest BCUT2D eigenvalue weighted by Gasteiger charge is -2.00. The highest BCUT2D eigenvalue weighted by Gasteiger charge is 2.10. The van der Waals surface area contributed by atoms with Crippen molar-refractivity contribution in [3.05, 3.63) is 108 Å². The van der Waals surface area contributed by atoms with Crippen LogP contribution in [0, 0.1) is 0 Å². The molecule has 3 N–H and O–H groups in total. The van der Waals surface area contributed by atoms with Gasteiger partial charge in [-0.2, -0.15) is 0 Å². The molecule has 0 saturated heterocycles. The number of aromatic carboxylic acids is 5. The van der Waals surface area contributed by atoms with Gasteiger partial charge in [-0.05, 0) is 42.0 Å². The molecule has 4 rings (SSSR count). The summed E-state index contributed by atoms with van der Waals surface area (Å²) in [4.78, 5) is 51.6. The van der Waals surface area contributed by atoms with E-state index in [-0.39, 0.29) is 35.5 Å². The molecular formula is C28H32N4O10. The second-order valence-electron chi connectivity index (χ2n) is 8.23. The zero-order chi connectivity index (χ0) is 31.3. The standard InChI is InChI=1S/2C8H6O4.C6H8N2O2.C5H9N2.CH4/c2*9-7(10)5-1-2-6(4-3-5)8(11)12;1-7-3-4-8(2)5(7)6(9)10;1-6-3-4-7(2)5-6;/h2*1-4H,(H,9,10)(H,11,12);3-4H,1-2H3;3-5H,1-2H3;1H4/q;;;+1;/p-1. The van der Waals surface area contributed by atoms with Gasteiger partial charge in [-0.3, -0.25) is 0 Å². The molecule has 0 bridgehead atoms. The SMILES string of the molecule is C.Cn1cc[n+](C)c1.Cn1cc[n+](C)c1C(=O)[O-].O=C(O)c1ccc(C(=O)O)cc1.O=C([O-])c1ccc(C(=O)O)cc1. The van der Waals surface area contributed by atoms with Crippen molar-refractivity contribution >= 4 is 29.8 Å². The van der Waals surface area contributed by atoms with Crippen LogP contribution in [0.4, 0.5) is 0 Å². The van der Waals surface area contributed by atoms with Crippen LogP contribution in [0.25, 0.3) is 0 Å². The number of carboxylic acids is 5. The zero-order valence-corrected chi connectivity index (χ0v) is 22.5. The fraction of sp³-hybridized carbons (Fsp3) is 0.179. The normalized spacial score (nSPS) is 9.24. The summed E-state index contributed by atoms with van der Waals surface area (Å²) in [6, 6.07) is 9.84. The Hall–Kier alpha value is -5.79. The van der Waals surface area contributed by atoms with E-state index < -0.39 is 29.8 Å². The summed E-state index contributed by atoms with van der Waals surface area (Å²) in [5.74, 6) is -5.51. The van der Waals surface area contributed by atoms with Crippen LogP contribution in [0.5, 0.6) is 0 Å². The average molecular weight is 585 g/mol. The molecule has 0 amide bonds. The topological polar surface area (TPSA) is 210 Å². The van der Waals surface area contributed by atoms with Crippen LogP contribution in [0.15, 0.2) is 79.6 Å². The average Bonchev–Trinajstić information content (AvgIpc) is 3.47. The molecule has 0 atom stereocenters. The summed E-state index contributed by atoms with van der Waals surface area (Å²) in [5.41, 5.74) is 0.194. The van der Waals surface area contributed by atoms with Gasteiger partial charge in [0, 0.05) is 0 Å². The minimum atomic E-state index is -1.31. The molecule has 0 aliphatic carbocycles. The molecule has 2 aromatic carbocycles. The number of nitrogens with zero attached hydrogens (tertiary/aromatic N) is 4. The molecule has 14 heteroatoms. The first-order valence-corrected chi connectivity index (χ1v) is 11.4. The zero-order valence-electron chi connectivity index (χ0n) is 22.5. The van der Waals surface area contributed by atoms with Crippen molar-refractivity contribution in [1.82, 2.24) is 9.13 Å². The van der Waals surface area contributed by atoms with Gasteiger partial charge in [0.25, 0.3) is 0 Å². The smallest absolute Gasteiger partial charge is 0.335 e. The Morgan fingerprint density at radius 1 is 0.643 bits per heavy atom. The van der Waals surface area contributed by atoms with Crippen molar-refractivity contribution in [3.63, 3.8) is 0 Å². The minimum absolute atomic E-state index is 0. The van der Waals surface area contributed by atoms with Gasteiger partial charge >= 0.3 is 23.7 Å². The van der Waals surface area contributed by atoms with Crippen molar-refractivity contribution in [3.8, 4) is 0 Å². The van der Waals surface area contributed by atoms with Gasteiger partial charge < -0.3 is 35.1 Å². The van der Waals surface area contributed by atoms with Crippen molar-refractivity contribution in [1.29, 1.82) is 0 Å². The monoisotopic (exact) mass is 584 g/mol. The number of rotatable bonds is 5. The maximum absolute atomic E-state index is 10.4. The molecule has 224 valence electrons. The third-order valence-corrected chi connectivity index (χ3v) is 5.01. The number of hydrogen-bond donors (Lipinski definition) is 3. The quantitative estimate of drug-likeness (QED) is 0.257. The molecule has 42 heavy (non-hydrogen) atoms. The first kappa shape index (κ1) is 36.2. The summed E-state index contributed by atoms with van der Waals surface area (Å²) < 4.78 is 6.99. The first-order chi connectivity index (χ1) is 19.1. The Labute approximate surface area is 241 Å². The fourth-order valence-corrected chi connectivity index (χ4v) is 2.96. The van der Waals surface area contributed by atoms with Crippen LogP contribution < -0.4 is 19.3 Å². The third kappa shape index (κ3) is 11.9. The summed E-state index contributed by atoms with van der Waals surface area (Å²) >= 11 is 0. The van der Waals surface area contributed by atoms with Crippen LogP contribution in [0.1, 0.15) is 59.5 Å². The Bertz CT molecular complexity index is 1330. The molecule has 0 aliphatic heterocycles. The molecule has 2 heterocycles. The molecule has 0 unspecified atom stereocenters. The van der Waals surface area contributed by atoms with Crippen LogP contribution in [-0.2, 0) is 28.2 Å². The van der Waals surface area contributed by atoms with Crippen LogP contribution in [-0.4, -0.2) is 54.3 Å². The van der Waals surface area contributed by atoms with Crippen LogP contribution in [0.3, 0.4) is 0 Å². The number of carboxylic acid groups (broad SMARTS) is 5. The molecule has 0 spiro atoms. The molecule has 2 aromatic heterocycles. The van der Waals surface area contributed by atoms with E-state index in [1.54, 1.807) is 26.5 Å². The molecule has 0 aliphatic rings. The van der Waals surface area contributed by atoms with Crippen molar-refractivity contribution in [2.75, 3.05) is 0 Å². The number of carbonyl (C=O) groups excluding carboxylic acids is 2. The highest BCUT2D eigenvalue weighted by Crippen LogP contribution is 2.04. The van der Waals surface area contributed by atoms with E-state index >= 15 is 0 Å². The molecule has 4 aromatic rings. The number of hydrogen-bond acceptors (Lipinski definition) is 7. The van der Waals surface area contributed by atoms with Gasteiger partial charge in [-0.1, -0.05) is 19.6 Å². The second kappa shape index (κ2) is 17.0. The Morgan fingerprint density at radius 3 is 1.19 bits per heavy atom. The Balaban J connectivity index is 0.000000538. The lowest BCUT2D eigenvalue weighted by Crippen LogP contribution is -2.41. The van der Waals surface area contributed by atoms with E-state index in [0.29, 0.717) is 0 Å². The number of aromatic nitrogens is 4. The summed E-state index contributed by atoms with van der Waals surface area (Å²) in [7, 11) is 7.32. The third-order valence-electron chi connectivity index (χ3n) is 5.01. The van der Waals surface area contributed by atoms with E-state index in [2.05, 4.69) is 0 Å². The predicted octanol–water partition coefficient (Wildman–Crippen LogP) is -0.470. The largest absolute Gasteiger partial charge is 0.545 e. The van der Waals surface area contributed by atoms with Gasteiger partial charge in [0.05, 0.1) is 50.9 Å². The fourth-order valence-electron chi connectivity index (χ4n) is 2.96. The summed E-state index contributed by atoms with van der Waals surface area (Å²) in [5, 5.41) is 46.0. The lowest BCUT2D eigenvalue weighted by molar-refractivity contribution is -0.675. The molecule has 14 nitrogen and oxygen atoms in total. The lowest BCUT2D eigenvalue weighted by atomic mass is 10.1. The van der Waals surface area contributed by atoms with E-state index in [9.17, 15) is 34.2 Å². The van der Waals surface area contributed by atoms with E-state index in [0.717, 1.165) is 0 Å². The van der Waals surface area contributed by atoms with E-state index in [1.807, 2.05) is 42.0 Å². The summed E-state index contributed by atoms with van der Waals surface area (Å²) in [6.07, 6.45) is 9.32. The van der Waals surface area contributed by atoms with Crippen molar-refractivity contribution in [2.45, 2.75) is 7.43 Å². The van der Waals surface area contributed by atoms with Gasteiger partial charge in [0.2, 0.25) is 6.33 Å². The van der Waals surface area contributed by atoms with Gasteiger partial charge in [-0.25, -0.2) is 32.7 Å². The molecule has 0 fully saturated rings. The molecular weight excluding hydrogens is 552 g/mol. The first-order valence-electron chi connectivity index (χ1n) is 11.4. The predicted molar refractivity (Wildman–Crippen MR) is 142 cm³/mol. The number of benzene rings is 2. The maximum Gasteiger partial charge on any atom is 0.335 e. The van der Waals surface area contributed by atoms with Crippen molar-refractivity contribution < 1.29 is 58.6 Å². The Morgan fingerprint density at radius 2 is 1.02 bits per heavy atom. The Kier molecular flexibility index (Phi) is 14.7. The van der Waals surface area contributed by atoms with Gasteiger partial charge in [0.1, 0.15) is 24.8 Å². The van der Waals surface area contributed by atoms with E-state index in [1.165, 1.54) is 57.7 Å². The highest BCUT2D eigenvalue weighted by molar-refractivity contribution is 5.92. The number of imidazole rings is 2. The highest BCUT2D eigenvalue weighted by atomic mass is 16.4. The van der Waals surface area contributed by atoms with Crippen LogP contribution in [0.2, 0.25) is 0 Å². The minimum Gasteiger partial charge on any atom is -0.545 e. The van der Waals surface area contributed by atoms with Gasteiger partial charge in [-0.15, -0.1) is 0 Å². The second-order valence-corrected chi connectivity index (χ2v) is 8.23. The maximum atomic E-state index is 10.4. The molecule has 0 radical (unpaired) electrons. The van der Waals surface area contributed by atoms with Gasteiger partial charge in [0.15, 0.2) is 5.97 Å². The van der Waals surface area contributed by atoms with E-state index in [4.69, 9.17) is 15.3 Å². The van der Waals surface area contributed by atoms with Crippen molar-refractivity contribution in [2.24, 2.45) is 28.2 Å².